The molecule has 1 atom stereocenters. The zero-order valence-electron chi connectivity index (χ0n) is 18.5. The number of nitrogens with one attached hydrogen (secondary N) is 1. The molecule has 7 heteroatoms. The lowest BCUT2D eigenvalue weighted by molar-refractivity contribution is -0.128. The Labute approximate surface area is 183 Å². The van der Waals surface area contributed by atoms with Crippen LogP contribution in [-0.4, -0.2) is 37.9 Å². The van der Waals surface area contributed by atoms with Crippen molar-refractivity contribution in [3.63, 3.8) is 0 Å². The summed E-state index contributed by atoms with van der Waals surface area (Å²) < 4.78 is 3.86. The highest BCUT2D eigenvalue weighted by Gasteiger charge is 2.39. The van der Waals surface area contributed by atoms with E-state index in [-0.39, 0.29) is 17.9 Å². The maximum atomic E-state index is 13.5. The molecule has 1 aromatic heterocycles. The van der Waals surface area contributed by atoms with E-state index < -0.39 is 11.6 Å². The fourth-order valence-corrected chi connectivity index (χ4v) is 4.44. The highest BCUT2D eigenvalue weighted by atomic mass is 32.1. The van der Waals surface area contributed by atoms with Crippen LogP contribution in [0.4, 0.5) is 0 Å². The standard InChI is InChI=1S/C23H32N4O2S/c1-15(2)16-10-12-17(13-11-16)20(21(28)24-23(3,4)5)27(18-8-6-7-9-18)22(29)19-14-30-26-25-19/h10-15,18,20H,6-9H2,1-5H3,(H,24,28)/t20-/m0/s1. The first kappa shape index (κ1) is 22.4. The molecule has 1 saturated carbocycles. The number of amides is 2. The van der Waals surface area contributed by atoms with Crippen molar-refractivity contribution in [2.75, 3.05) is 0 Å². The fraction of sp³-hybridized carbons (Fsp3) is 0.565. The van der Waals surface area contributed by atoms with Crippen molar-refractivity contribution in [2.24, 2.45) is 0 Å². The van der Waals surface area contributed by atoms with Crippen LogP contribution < -0.4 is 5.32 Å². The average Bonchev–Trinajstić information content (AvgIpc) is 3.37. The summed E-state index contributed by atoms with van der Waals surface area (Å²) in [6, 6.07) is 7.38. The van der Waals surface area contributed by atoms with E-state index in [0.717, 1.165) is 42.8 Å². The molecular formula is C23H32N4O2S. The summed E-state index contributed by atoms with van der Waals surface area (Å²) >= 11 is 1.15. The molecular weight excluding hydrogens is 396 g/mol. The molecule has 1 N–H and O–H groups in total. The summed E-state index contributed by atoms with van der Waals surface area (Å²) in [4.78, 5) is 28.8. The second kappa shape index (κ2) is 9.25. The van der Waals surface area contributed by atoms with Crippen LogP contribution in [0.3, 0.4) is 0 Å². The van der Waals surface area contributed by atoms with E-state index in [4.69, 9.17) is 0 Å². The van der Waals surface area contributed by atoms with Gasteiger partial charge >= 0.3 is 0 Å². The lowest BCUT2D eigenvalue weighted by Crippen LogP contribution is -2.51. The van der Waals surface area contributed by atoms with Crippen molar-refractivity contribution in [1.82, 2.24) is 19.8 Å². The van der Waals surface area contributed by atoms with Gasteiger partial charge in [0.15, 0.2) is 5.69 Å². The van der Waals surface area contributed by atoms with Gasteiger partial charge in [-0.15, -0.1) is 5.10 Å². The van der Waals surface area contributed by atoms with Gasteiger partial charge in [-0.1, -0.05) is 55.4 Å². The van der Waals surface area contributed by atoms with Crippen molar-refractivity contribution in [3.05, 3.63) is 46.5 Å². The van der Waals surface area contributed by atoms with Crippen LogP contribution in [-0.2, 0) is 4.79 Å². The van der Waals surface area contributed by atoms with Gasteiger partial charge in [-0.05, 0) is 62.2 Å². The van der Waals surface area contributed by atoms with Gasteiger partial charge < -0.3 is 10.2 Å². The molecule has 3 rings (SSSR count). The van der Waals surface area contributed by atoms with E-state index in [9.17, 15) is 9.59 Å². The smallest absolute Gasteiger partial charge is 0.276 e. The SMILES string of the molecule is CC(C)c1ccc([C@@H](C(=O)NC(C)(C)C)N(C(=O)c2csnn2)C2CCCC2)cc1. The van der Waals surface area contributed by atoms with Gasteiger partial charge in [0.25, 0.3) is 5.91 Å². The minimum absolute atomic E-state index is 0.0136. The Kier molecular flexibility index (Phi) is 6.91. The summed E-state index contributed by atoms with van der Waals surface area (Å²) in [5.41, 5.74) is 1.93. The maximum Gasteiger partial charge on any atom is 0.276 e. The molecule has 0 spiro atoms. The zero-order chi connectivity index (χ0) is 21.9. The molecule has 1 fully saturated rings. The summed E-state index contributed by atoms with van der Waals surface area (Å²) in [5.74, 6) is 0.00966. The van der Waals surface area contributed by atoms with E-state index in [1.54, 1.807) is 10.3 Å². The van der Waals surface area contributed by atoms with Crippen molar-refractivity contribution in [2.45, 2.75) is 83.8 Å². The van der Waals surface area contributed by atoms with E-state index in [1.807, 2.05) is 32.9 Å². The van der Waals surface area contributed by atoms with Crippen LogP contribution in [0.1, 0.15) is 93.9 Å². The number of carbonyl (C=O) groups is 2. The van der Waals surface area contributed by atoms with Crippen LogP contribution in [0.2, 0.25) is 0 Å². The van der Waals surface area contributed by atoms with Gasteiger partial charge in [0.05, 0.1) is 0 Å². The Morgan fingerprint density at radius 3 is 2.20 bits per heavy atom. The highest BCUT2D eigenvalue weighted by molar-refractivity contribution is 7.03. The Morgan fingerprint density at radius 1 is 1.10 bits per heavy atom. The number of rotatable bonds is 6. The first-order valence-corrected chi connectivity index (χ1v) is 11.5. The number of benzene rings is 1. The van der Waals surface area contributed by atoms with Gasteiger partial charge in [-0.3, -0.25) is 9.59 Å². The van der Waals surface area contributed by atoms with Crippen LogP contribution in [0.25, 0.3) is 0 Å². The maximum absolute atomic E-state index is 13.5. The number of aromatic nitrogens is 2. The normalized spacial score (nSPS) is 15.9. The number of hydrogen-bond donors (Lipinski definition) is 1. The Morgan fingerprint density at radius 2 is 1.70 bits per heavy atom. The van der Waals surface area contributed by atoms with E-state index in [2.05, 4.69) is 40.9 Å². The summed E-state index contributed by atoms with van der Waals surface area (Å²) in [7, 11) is 0. The zero-order valence-corrected chi connectivity index (χ0v) is 19.3. The predicted octanol–water partition coefficient (Wildman–Crippen LogP) is 4.70. The molecule has 162 valence electrons. The van der Waals surface area contributed by atoms with Crippen LogP contribution in [0.15, 0.2) is 29.6 Å². The molecule has 0 radical (unpaired) electrons. The third kappa shape index (κ3) is 5.25. The minimum atomic E-state index is -0.706. The molecule has 0 unspecified atom stereocenters. The third-order valence-corrected chi connectivity index (χ3v) is 5.98. The average molecular weight is 429 g/mol. The molecule has 0 bridgehead atoms. The van der Waals surface area contributed by atoms with E-state index in [0.29, 0.717) is 11.6 Å². The van der Waals surface area contributed by atoms with Crippen molar-refractivity contribution < 1.29 is 9.59 Å². The highest BCUT2D eigenvalue weighted by Crippen LogP contribution is 2.34. The summed E-state index contributed by atoms with van der Waals surface area (Å²) in [6.07, 6.45) is 3.91. The third-order valence-electron chi connectivity index (χ3n) is 5.48. The van der Waals surface area contributed by atoms with Crippen molar-refractivity contribution in [1.29, 1.82) is 0 Å². The summed E-state index contributed by atoms with van der Waals surface area (Å²) in [5, 5.41) is 8.75. The first-order valence-electron chi connectivity index (χ1n) is 10.7. The number of hydrogen-bond acceptors (Lipinski definition) is 5. The summed E-state index contributed by atoms with van der Waals surface area (Å²) in [6.45, 7) is 10.1. The lowest BCUT2D eigenvalue weighted by Gasteiger charge is -2.37. The minimum Gasteiger partial charge on any atom is -0.349 e. The number of nitrogens with zero attached hydrogens (tertiary/aromatic N) is 3. The van der Waals surface area contributed by atoms with Gasteiger partial charge in [0.2, 0.25) is 5.91 Å². The second-order valence-electron chi connectivity index (χ2n) is 9.40. The molecule has 1 aromatic carbocycles. The van der Waals surface area contributed by atoms with Crippen LogP contribution in [0, 0.1) is 0 Å². The second-order valence-corrected chi connectivity index (χ2v) is 10.0. The topological polar surface area (TPSA) is 75.2 Å². The molecule has 6 nitrogen and oxygen atoms in total. The van der Waals surface area contributed by atoms with Crippen LogP contribution >= 0.6 is 11.5 Å². The molecule has 0 saturated heterocycles. The largest absolute Gasteiger partial charge is 0.349 e. The molecule has 0 aliphatic heterocycles. The molecule has 1 heterocycles. The fourth-order valence-electron chi connectivity index (χ4n) is 4.01. The van der Waals surface area contributed by atoms with E-state index in [1.165, 1.54) is 5.56 Å². The lowest BCUT2D eigenvalue weighted by atomic mass is 9.95. The molecule has 2 aromatic rings. The Hall–Kier alpha value is -2.28. The van der Waals surface area contributed by atoms with Gasteiger partial charge in [0.1, 0.15) is 6.04 Å². The van der Waals surface area contributed by atoms with Gasteiger partial charge in [-0.25, -0.2) is 0 Å². The molecule has 30 heavy (non-hydrogen) atoms. The first-order chi connectivity index (χ1) is 14.2. The Balaban J connectivity index is 2.06. The molecule has 1 aliphatic rings. The van der Waals surface area contributed by atoms with Crippen molar-refractivity contribution in [3.8, 4) is 0 Å². The van der Waals surface area contributed by atoms with Gasteiger partial charge in [0, 0.05) is 17.0 Å². The van der Waals surface area contributed by atoms with Crippen molar-refractivity contribution >= 4 is 23.3 Å². The Bertz CT molecular complexity index is 850. The number of carbonyl (C=O) groups excluding carboxylic acids is 2. The quantitative estimate of drug-likeness (QED) is 0.723. The monoisotopic (exact) mass is 428 g/mol. The molecule has 2 amide bonds. The molecule has 1 aliphatic carbocycles. The predicted molar refractivity (Wildman–Crippen MR) is 120 cm³/mol. The van der Waals surface area contributed by atoms with Crippen LogP contribution in [0.5, 0.6) is 0 Å². The van der Waals surface area contributed by atoms with Gasteiger partial charge in [-0.2, -0.15) is 0 Å². The van der Waals surface area contributed by atoms with E-state index >= 15 is 0 Å².